The minimum atomic E-state index is 1.06. The van der Waals surface area contributed by atoms with Crippen LogP contribution < -0.4 is 0 Å². The molecule has 0 rings (SSSR count). The van der Waals surface area contributed by atoms with Gasteiger partial charge in [-0.15, -0.1) is 0 Å². The predicted octanol–water partition coefficient (Wildman–Crippen LogP) is 1.51. The molecule has 0 bridgehead atoms. The van der Waals surface area contributed by atoms with Crippen molar-refractivity contribution in [2.45, 2.75) is 20.3 Å². The summed E-state index contributed by atoms with van der Waals surface area (Å²) in [6.07, 6.45) is 1.21. The minimum absolute atomic E-state index is 1.06. The highest BCUT2D eigenvalue weighted by Crippen LogP contribution is 1.84. The second-order valence-electron chi connectivity index (χ2n) is 1.71. The fourth-order valence-electron chi connectivity index (χ4n) is 0.474. The molecule has 0 N–H and O–H groups in total. The summed E-state index contributed by atoms with van der Waals surface area (Å²) in [4.78, 5) is 2.06. The number of hydrogen-bond acceptors (Lipinski definition) is 1. The summed E-state index contributed by atoms with van der Waals surface area (Å²) in [5.41, 5.74) is 0. The molecule has 1 radical (unpaired) electrons. The lowest BCUT2D eigenvalue weighted by Crippen LogP contribution is -2.14. The highest BCUT2D eigenvalue weighted by Gasteiger charge is 1.86. The monoisotopic (exact) mass is 100 g/mol. The van der Waals surface area contributed by atoms with Crippen LogP contribution in [0.4, 0.5) is 0 Å². The molecule has 0 heterocycles. The molecule has 0 unspecified atom stereocenters. The fourth-order valence-corrected chi connectivity index (χ4v) is 0.474. The molecule has 0 amide bonds. The quantitative estimate of drug-likeness (QED) is 0.519. The van der Waals surface area contributed by atoms with E-state index in [0.29, 0.717) is 0 Å². The van der Waals surface area contributed by atoms with Crippen molar-refractivity contribution in [1.29, 1.82) is 0 Å². The summed E-state index contributed by atoms with van der Waals surface area (Å²) in [6.45, 7) is 6.46. The van der Waals surface area contributed by atoms with Crippen LogP contribution in [-0.4, -0.2) is 18.0 Å². The van der Waals surface area contributed by atoms with Crippen LogP contribution in [0, 0.1) is 7.05 Å². The van der Waals surface area contributed by atoms with Gasteiger partial charge in [0.05, 0.1) is 0 Å². The van der Waals surface area contributed by atoms with E-state index >= 15 is 0 Å². The molecule has 1 nitrogen and oxygen atoms in total. The van der Waals surface area contributed by atoms with Crippen molar-refractivity contribution in [1.82, 2.24) is 4.90 Å². The van der Waals surface area contributed by atoms with E-state index in [-0.39, 0.29) is 0 Å². The third-order valence-corrected chi connectivity index (χ3v) is 0.987. The molecule has 0 aromatic heterocycles. The Morgan fingerprint density at radius 2 is 2.00 bits per heavy atom. The van der Waals surface area contributed by atoms with Gasteiger partial charge in [-0.05, 0) is 19.5 Å². The molecular weight excluding hydrogens is 86.1 g/mol. The maximum absolute atomic E-state index is 3.78. The number of hydrogen-bond donors (Lipinski definition) is 0. The Labute approximate surface area is 46.3 Å². The molecule has 0 atom stereocenters. The lowest BCUT2D eigenvalue weighted by molar-refractivity contribution is 0.390. The fraction of sp³-hybridized carbons (Fsp3) is 0.833. The van der Waals surface area contributed by atoms with Gasteiger partial charge in [0, 0.05) is 7.05 Å². The molecule has 0 aliphatic heterocycles. The van der Waals surface area contributed by atoms with E-state index in [4.69, 9.17) is 0 Å². The van der Waals surface area contributed by atoms with Crippen molar-refractivity contribution in [3.05, 3.63) is 7.05 Å². The van der Waals surface area contributed by atoms with E-state index < -0.39 is 0 Å². The van der Waals surface area contributed by atoms with E-state index in [2.05, 4.69) is 25.8 Å². The van der Waals surface area contributed by atoms with E-state index in [1.54, 1.807) is 0 Å². The normalized spacial score (nSPS) is 10.3. The Hall–Kier alpha value is -0.0400. The van der Waals surface area contributed by atoms with E-state index in [0.717, 1.165) is 13.1 Å². The van der Waals surface area contributed by atoms with Crippen molar-refractivity contribution in [3.8, 4) is 0 Å². The van der Waals surface area contributed by atoms with Gasteiger partial charge in [-0.1, -0.05) is 13.8 Å². The van der Waals surface area contributed by atoms with Crippen molar-refractivity contribution in [3.63, 3.8) is 0 Å². The molecule has 0 fully saturated rings. The predicted molar refractivity (Wildman–Crippen MR) is 32.9 cm³/mol. The molecular formula is C6H14N. The minimum Gasteiger partial charge on any atom is -0.302 e. The van der Waals surface area contributed by atoms with Gasteiger partial charge in [-0.25, -0.2) is 0 Å². The molecule has 0 aromatic rings. The lowest BCUT2D eigenvalue weighted by atomic mass is 10.4. The summed E-state index contributed by atoms with van der Waals surface area (Å²) in [6, 6.07) is 0. The van der Waals surface area contributed by atoms with E-state index in [1.165, 1.54) is 6.42 Å². The Morgan fingerprint density at radius 3 is 2.14 bits per heavy atom. The van der Waals surface area contributed by atoms with Gasteiger partial charge in [-0.2, -0.15) is 0 Å². The third kappa shape index (κ3) is 3.80. The Balaban J connectivity index is 2.83. The van der Waals surface area contributed by atoms with Crippen LogP contribution in [-0.2, 0) is 0 Å². The van der Waals surface area contributed by atoms with Crippen LogP contribution in [0.15, 0.2) is 0 Å². The topological polar surface area (TPSA) is 3.24 Å². The largest absolute Gasteiger partial charge is 0.302 e. The molecule has 0 saturated heterocycles. The standard InChI is InChI=1S/C6H14N/c1-4-6-7(3)5-2/h3-6H2,1-2H3. The van der Waals surface area contributed by atoms with Gasteiger partial charge in [0.1, 0.15) is 0 Å². The first kappa shape index (κ1) is 6.96. The molecule has 0 spiro atoms. The SMILES string of the molecule is [CH2]N(CC)CCC. The summed E-state index contributed by atoms with van der Waals surface area (Å²) < 4.78 is 0. The van der Waals surface area contributed by atoms with Gasteiger partial charge < -0.3 is 4.90 Å². The Morgan fingerprint density at radius 1 is 1.43 bits per heavy atom. The zero-order valence-electron chi connectivity index (χ0n) is 5.28. The van der Waals surface area contributed by atoms with E-state index in [9.17, 15) is 0 Å². The van der Waals surface area contributed by atoms with Gasteiger partial charge in [-0.3, -0.25) is 0 Å². The summed E-state index contributed by atoms with van der Waals surface area (Å²) in [5, 5.41) is 0. The van der Waals surface area contributed by atoms with Crippen LogP contribution in [0.5, 0.6) is 0 Å². The highest BCUT2D eigenvalue weighted by molar-refractivity contribution is 4.47. The van der Waals surface area contributed by atoms with Crippen LogP contribution in [0.25, 0.3) is 0 Å². The van der Waals surface area contributed by atoms with Crippen LogP contribution >= 0.6 is 0 Å². The molecule has 43 valence electrons. The van der Waals surface area contributed by atoms with E-state index in [1.807, 2.05) is 0 Å². The third-order valence-electron chi connectivity index (χ3n) is 0.987. The van der Waals surface area contributed by atoms with Gasteiger partial charge in [0.2, 0.25) is 0 Å². The smallest absolute Gasteiger partial charge is 0.0109 e. The zero-order chi connectivity index (χ0) is 5.70. The average molecular weight is 100 g/mol. The number of nitrogens with zero attached hydrogens (tertiary/aromatic N) is 1. The lowest BCUT2D eigenvalue weighted by Gasteiger charge is -2.09. The zero-order valence-corrected chi connectivity index (χ0v) is 5.28. The molecule has 0 aliphatic rings. The number of rotatable bonds is 3. The van der Waals surface area contributed by atoms with Crippen molar-refractivity contribution >= 4 is 0 Å². The maximum Gasteiger partial charge on any atom is 0.0109 e. The maximum atomic E-state index is 3.78. The molecule has 1 heteroatoms. The first-order valence-corrected chi connectivity index (χ1v) is 2.86. The summed E-state index contributed by atoms with van der Waals surface area (Å²) in [7, 11) is 3.78. The first-order valence-electron chi connectivity index (χ1n) is 2.86. The van der Waals surface area contributed by atoms with Crippen molar-refractivity contribution in [2.24, 2.45) is 0 Å². The second kappa shape index (κ2) is 4.13. The Bertz CT molecular complexity index is 35.2. The van der Waals surface area contributed by atoms with Gasteiger partial charge in [0.15, 0.2) is 0 Å². The van der Waals surface area contributed by atoms with Crippen molar-refractivity contribution < 1.29 is 0 Å². The van der Waals surface area contributed by atoms with Crippen LogP contribution in [0.1, 0.15) is 20.3 Å². The summed E-state index contributed by atoms with van der Waals surface area (Å²) in [5.74, 6) is 0. The van der Waals surface area contributed by atoms with Crippen molar-refractivity contribution in [2.75, 3.05) is 13.1 Å². The van der Waals surface area contributed by atoms with Crippen LogP contribution in [0.3, 0.4) is 0 Å². The molecule has 7 heavy (non-hydrogen) atoms. The highest BCUT2D eigenvalue weighted by atomic mass is 15.1. The Kier molecular flexibility index (Phi) is 4.10. The van der Waals surface area contributed by atoms with Gasteiger partial charge in [0.25, 0.3) is 0 Å². The molecule has 0 aliphatic carbocycles. The average Bonchev–Trinajstić information content (AvgIpc) is 1.68. The van der Waals surface area contributed by atoms with Crippen LogP contribution in [0.2, 0.25) is 0 Å². The first-order chi connectivity index (χ1) is 3.31. The van der Waals surface area contributed by atoms with Gasteiger partial charge >= 0.3 is 0 Å². The molecule has 0 aromatic carbocycles. The molecule has 0 saturated carbocycles. The second-order valence-corrected chi connectivity index (χ2v) is 1.71. The summed E-state index contributed by atoms with van der Waals surface area (Å²) >= 11 is 0.